The number of piperazine rings is 1. The molecule has 1 atom stereocenters. The number of pyridine rings is 1. The summed E-state index contributed by atoms with van der Waals surface area (Å²) in [6, 6.07) is 6.07. The zero-order valence-corrected chi connectivity index (χ0v) is 19.2. The Morgan fingerprint density at radius 2 is 2.00 bits per heavy atom. The molecule has 1 saturated carbocycles. The van der Waals surface area contributed by atoms with Crippen LogP contribution in [0.4, 0.5) is 14.5 Å². The van der Waals surface area contributed by atoms with Gasteiger partial charge in [-0.1, -0.05) is 6.07 Å². The minimum Gasteiger partial charge on any atom is -0.395 e. The lowest BCUT2D eigenvalue weighted by Crippen LogP contribution is -2.54. The van der Waals surface area contributed by atoms with Crippen LogP contribution in [-0.2, 0) is 6.54 Å². The number of carbonyl (C=O) groups is 1. The summed E-state index contributed by atoms with van der Waals surface area (Å²) in [6.45, 7) is 2.72. The summed E-state index contributed by atoms with van der Waals surface area (Å²) >= 11 is 0. The minimum absolute atomic E-state index is 0.0324. The third kappa shape index (κ3) is 4.73. The van der Waals surface area contributed by atoms with Crippen molar-refractivity contribution >= 4 is 22.6 Å². The van der Waals surface area contributed by atoms with E-state index in [0.717, 1.165) is 12.8 Å². The molecule has 2 aliphatic rings. The molecule has 3 heterocycles. The van der Waals surface area contributed by atoms with Crippen LogP contribution in [0.15, 0.2) is 29.1 Å². The van der Waals surface area contributed by atoms with Gasteiger partial charge in [0.25, 0.3) is 11.5 Å². The van der Waals surface area contributed by atoms with Crippen molar-refractivity contribution in [2.24, 2.45) is 0 Å². The quantitative estimate of drug-likeness (QED) is 0.454. The number of benzene rings is 1. The maximum atomic E-state index is 15.1. The van der Waals surface area contributed by atoms with Gasteiger partial charge in [0.2, 0.25) is 5.95 Å². The number of nitrogens with zero attached hydrogens (tertiary/aromatic N) is 4. The van der Waals surface area contributed by atoms with Crippen LogP contribution in [0.5, 0.6) is 0 Å². The SMILES string of the molecule is Cc1nc2ccc(CN3CCN(c4ccc(C(=O)NC5CC5)nc4F)C[C@H]3CO)c(F)c2[nH]c1=O. The minimum atomic E-state index is -0.745. The van der Waals surface area contributed by atoms with E-state index in [1.54, 1.807) is 24.0 Å². The number of hydrogen-bond acceptors (Lipinski definition) is 7. The molecule has 1 amide bonds. The largest absolute Gasteiger partial charge is 0.395 e. The maximum absolute atomic E-state index is 15.1. The fourth-order valence-corrected chi connectivity index (χ4v) is 4.37. The molecule has 0 bridgehead atoms. The van der Waals surface area contributed by atoms with E-state index >= 15 is 4.39 Å². The Hall–Kier alpha value is -3.44. The second-order valence-electron chi connectivity index (χ2n) is 9.09. The van der Waals surface area contributed by atoms with Crippen LogP contribution in [0.1, 0.15) is 34.6 Å². The molecule has 5 rings (SSSR count). The molecule has 184 valence electrons. The molecule has 11 heteroatoms. The number of aryl methyl sites for hydroxylation is 1. The molecule has 1 aliphatic carbocycles. The van der Waals surface area contributed by atoms with Crippen molar-refractivity contribution in [3.8, 4) is 0 Å². The van der Waals surface area contributed by atoms with E-state index in [1.165, 1.54) is 12.1 Å². The van der Waals surface area contributed by atoms with Gasteiger partial charge in [-0.2, -0.15) is 4.39 Å². The molecule has 1 saturated heterocycles. The summed E-state index contributed by atoms with van der Waals surface area (Å²) in [5.74, 6) is -1.69. The summed E-state index contributed by atoms with van der Waals surface area (Å²) in [7, 11) is 0. The van der Waals surface area contributed by atoms with Gasteiger partial charge in [0.15, 0.2) is 5.82 Å². The number of halogens is 2. The summed E-state index contributed by atoms with van der Waals surface area (Å²) in [5, 5.41) is 12.8. The van der Waals surface area contributed by atoms with Crippen molar-refractivity contribution < 1.29 is 18.7 Å². The van der Waals surface area contributed by atoms with Crippen molar-refractivity contribution in [2.75, 3.05) is 31.1 Å². The number of nitrogens with one attached hydrogen (secondary N) is 2. The standard InChI is InChI=1S/C24H26F2N6O3/c1-13-23(34)30-21-17(27-13)5-2-14(20(21)25)10-31-8-9-32(11-16(31)12-33)19-7-6-18(29-22(19)26)24(35)28-15-3-4-15/h2,5-7,15-16,33H,3-4,8-12H2,1H3,(H,28,35)(H,30,34)/t16-/m0/s1. The molecule has 3 N–H and O–H groups in total. The van der Waals surface area contributed by atoms with Crippen molar-refractivity contribution in [1.82, 2.24) is 25.2 Å². The first-order valence-corrected chi connectivity index (χ1v) is 11.6. The van der Waals surface area contributed by atoms with E-state index in [1.807, 2.05) is 4.90 Å². The summed E-state index contributed by atoms with van der Waals surface area (Å²) in [6.07, 6.45) is 1.85. The second kappa shape index (κ2) is 9.31. The molecule has 3 aromatic rings. The lowest BCUT2D eigenvalue weighted by molar-refractivity contribution is 0.0945. The first-order valence-electron chi connectivity index (χ1n) is 11.6. The molecule has 2 fully saturated rings. The van der Waals surface area contributed by atoms with E-state index in [-0.39, 0.29) is 53.7 Å². The number of H-pyrrole nitrogens is 1. The highest BCUT2D eigenvalue weighted by Crippen LogP contribution is 2.25. The Balaban J connectivity index is 1.31. The number of aromatic nitrogens is 3. The molecule has 9 nitrogen and oxygen atoms in total. The third-order valence-electron chi connectivity index (χ3n) is 6.56. The Morgan fingerprint density at radius 1 is 1.20 bits per heavy atom. The van der Waals surface area contributed by atoms with Gasteiger partial charge in [0.05, 0.1) is 23.9 Å². The van der Waals surface area contributed by atoms with Gasteiger partial charge in [0.1, 0.15) is 16.9 Å². The Kier molecular flexibility index (Phi) is 6.20. The zero-order valence-electron chi connectivity index (χ0n) is 19.2. The normalized spacial score (nSPS) is 18.7. The molecule has 0 radical (unpaired) electrons. The third-order valence-corrected chi connectivity index (χ3v) is 6.56. The van der Waals surface area contributed by atoms with Crippen molar-refractivity contribution in [2.45, 2.75) is 38.4 Å². The molecular formula is C24H26F2N6O3. The summed E-state index contributed by atoms with van der Waals surface area (Å²) < 4.78 is 29.9. The Morgan fingerprint density at radius 3 is 2.71 bits per heavy atom. The second-order valence-corrected chi connectivity index (χ2v) is 9.09. The monoisotopic (exact) mass is 484 g/mol. The van der Waals surface area contributed by atoms with Crippen LogP contribution in [0.25, 0.3) is 11.0 Å². The lowest BCUT2D eigenvalue weighted by atomic mass is 10.1. The topological polar surface area (TPSA) is 114 Å². The predicted molar refractivity (Wildman–Crippen MR) is 125 cm³/mol. The number of carbonyl (C=O) groups excluding carboxylic acids is 1. The van der Waals surface area contributed by atoms with Gasteiger partial charge in [0, 0.05) is 37.8 Å². The average molecular weight is 485 g/mol. The molecule has 35 heavy (non-hydrogen) atoms. The Bertz CT molecular complexity index is 1340. The van der Waals surface area contributed by atoms with Crippen LogP contribution >= 0.6 is 0 Å². The molecular weight excluding hydrogens is 458 g/mol. The van der Waals surface area contributed by atoms with Gasteiger partial charge >= 0.3 is 0 Å². The van der Waals surface area contributed by atoms with E-state index in [0.29, 0.717) is 30.7 Å². The molecule has 0 spiro atoms. The fourth-order valence-electron chi connectivity index (χ4n) is 4.37. The number of fused-ring (bicyclic) bond motifs is 1. The number of aliphatic hydroxyl groups excluding tert-OH is 1. The van der Waals surface area contributed by atoms with Crippen LogP contribution in [0.3, 0.4) is 0 Å². The number of aromatic amines is 1. The van der Waals surface area contributed by atoms with Gasteiger partial charge in [-0.05, 0) is 38.0 Å². The van der Waals surface area contributed by atoms with Crippen LogP contribution < -0.4 is 15.8 Å². The van der Waals surface area contributed by atoms with Gasteiger partial charge in [-0.3, -0.25) is 14.5 Å². The van der Waals surface area contributed by atoms with E-state index in [9.17, 15) is 19.1 Å². The molecule has 0 unspecified atom stereocenters. The van der Waals surface area contributed by atoms with E-state index < -0.39 is 17.3 Å². The number of hydrogen-bond donors (Lipinski definition) is 3. The maximum Gasteiger partial charge on any atom is 0.270 e. The first-order chi connectivity index (χ1) is 16.8. The van der Waals surface area contributed by atoms with Crippen LogP contribution in [-0.4, -0.2) is 69.2 Å². The highest BCUT2D eigenvalue weighted by atomic mass is 19.1. The Labute approximate surface area is 199 Å². The number of anilines is 1. The number of aliphatic hydroxyl groups is 1. The van der Waals surface area contributed by atoms with Crippen molar-refractivity contribution in [1.29, 1.82) is 0 Å². The van der Waals surface area contributed by atoms with Gasteiger partial charge in [-0.25, -0.2) is 14.4 Å². The van der Waals surface area contributed by atoms with Crippen molar-refractivity contribution in [3.63, 3.8) is 0 Å². The average Bonchev–Trinajstić information content (AvgIpc) is 3.66. The van der Waals surface area contributed by atoms with E-state index in [4.69, 9.17) is 0 Å². The van der Waals surface area contributed by atoms with Crippen molar-refractivity contribution in [3.05, 3.63) is 63.3 Å². The van der Waals surface area contributed by atoms with Gasteiger partial charge < -0.3 is 20.3 Å². The highest BCUT2D eigenvalue weighted by Gasteiger charge is 2.30. The number of amides is 1. The highest BCUT2D eigenvalue weighted by molar-refractivity contribution is 5.92. The lowest BCUT2D eigenvalue weighted by Gasteiger charge is -2.41. The van der Waals surface area contributed by atoms with Crippen LogP contribution in [0.2, 0.25) is 0 Å². The smallest absolute Gasteiger partial charge is 0.270 e. The molecule has 1 aliphatic heterocycles. The molecule has 2 aromatic heterocycles. The first kappa shape index (κ1) is 23.3. The van der Waals surface area contributed by atoms with Gasteiger partial charge in [-0.15, -0.1) is 0 Å². The summed E-state index contributed by atoms with van der Waals surface area (Å²) in [4.78, 5) is 38.2. The zero-order chi connectivity index (χ0) is 24.7. The predicted octanol–water partition coefficient (Wildman–Crippen LogP) is 1.48. The summed E-state index contributed by atoms with van der Waals surface area (Å²) in [5.41, 5.74) is 0.887. The van der Waals surface area contributed by atoms with E-state index in [2.05, 4.69) is 20.3 Å². The fraction of sp³-hybridized carbons (Fsp3) is 0.417. The van der Waals surface area contributed by atoms with Crippen LogP contribution in [0, 0.1) is 18.7 Å². The number of rotatable bonds is 6. The molecule has 1 aromatic carbocycles.